The minimum Gasteiger partial charge on any atom is -0.300 e. The summed E-state index contributed by atoms with van der Waals surface area (Å²) in [6.07, 6.45) is 0. The summed E-state index contributed by atoms with van der Waals surface area (Å²) in [4.78, 5) is 10.5. The lowest BCUT2D eigenvalue weighted by Crippen LogP contribution is -2.07. The molecule has 2 rings (SSSR count). The Balaban J connectivity index is 2.65. The van der Waals surface area contributed by atoms with Crippen LogP contribution in [0.15, 0.2) is 18.2 Å². The maximum Gasteiger partial charge on any atom is 0.280 e. The van der Waals surface area contributed by atoms with Crippen molar-refractivity contribution in [3.8, 4) is 11.4 Å². The van der Waals surface area contributed by atoms with Gasteiger partial charge in [-0.3, -0.25) is 19.8 Å². The first kappa shape index (κ1) is 14.3. The predicted octanol–water partition coefficient (Wildman–Crippen LogP) is 3.31. The van der Waals surface area contributed by atoms with Crippen molar-refractivity contribution in [2.45, 2.75) is 20.4 Å². The topological polar surface area (TPSA) is 76.8 Å². The van der Waals surface area contributed by atoms with Crippen molar-refractivity contribution in [3.05, 3.63) is 38.9 Å². The second-order valence-corrected chi connectivity index (χ2v) is 5.16. The third-order valence-corrected chi connectivity index (χ3v) is 3.01. The van der Waals surface area contributed by atoms with Gasteiger partial charge in [0.15, 0.2) is 10.6 Å². The summed E-state index contributed by atoms with van der Waals surface area (Å²) >= 11 is 5.11. The molecule has 0 atom stereocenters. The van der Waals surface area contributed by atoms with Crippen molar-refractivity contribution in [2.24, 2.45) is 5.92 Å². The van der Waals surface area contributed by atoms with Crippen LogP contribution in [-0.2, 0) is 6.54 Å². The van der Waals surface area contributed by atoms with Gasteiger partial charge < -0.3 is 0 Å². The fourth-order valence-electron chi connectivity index (χ4n) is 1.90. The summed E-state index contributed by atoms with van der Waals surface area (Å²) in [6, 6.07) is 3.28. The first-order valence-corrected chi connectivity index (χ1v) is 6.40. The van der Waals surface area contributed by atoms with E-state index in [4.69, 9.17) is 12.2 Å². The van der Waals surface area contributed by atoms with Gasteiger partial charge in [-0.05, 0) is 30.3 Å². The molecular formula is C12H13FN4O2S. The zero-order chi connectivity index (χ0) is 14.9. The van der Waals surface area contributed by atoms with Gasteiger partial charge in [-0.1, -0.05) is 13.8 Å². The number of rotatable bonds is 4. The zero-order valence-corrected chi connectivity index (χ0v) is 11.8. The van der Waals surface area contributed by atoms with E-state index in [0.29, 0.717) is 11.3 Å². The van der Waals surface area contributed by atoms with Gasteiger partial charge in [0.2, 0.25) is 0 Å². The molecule has 0 unspecified atom stereocenters. The molecule has 1 heterocycles. The van der Waals surface area contributed by atoms with E-state index in [0.717, 1.165) is 18.2 Å². The molecule has 0 aliphatic carbocycles. The van der Waals surface area contributed by atoms with Crippen LogP contribution < -0.4 is 0 Å². The first-order valence-electron chi connectivity index (χ1n) is 5.99. The summed E-state index contributed by atoms with van der Waals surface area (Å²) in [7, 11) is 0. The molecule has 2 aromatic rings. The van der Waals surface area contributed by atoms with Crippen molar-refractivity contribution < 1.29 is 9.31 Å². The van der Waals surface area contributed by atoms with E-state index in [1.807, 2.05) is 13.8 Å². The van der Waals surface area contributed by atoms with Gasteiger partial charge in [-0.25, -0.2) is 4.39 Å². The van der Waals surface area contributed by atoms with Crippen LogP contribution in [0.25, 0.3) is 11.4 Å². The van der Waals surface area contributed by atoms with Gasteiger partial charge in [0.05, 0.1) is 10.5 Å². The quantitative estimate of drug-likeness (QED) is 0.533. The molecule has 0 amide bonds. The van der Waals surface area contributed by atoms with Crippen LogP contribution in [0.5, 0.6) is 0 Å². The Morgan fingerprint density at radius 2 is 2.25 bits per heavy atom. The molecule has 0 fully saturated rings. The Morgan fingerprint density at radius 1 is 1.55 bits per heavy atom. The summed E-state index contributed by atoms with van der Waals surface area (Å²) < 4.78 is 15.4. The zero-order valence-electron chi connectivity index (χ0n) is 11.0. The van der Waals surface area contributed by atoms with E-state index in [9.17, 15) is 14.5 Å². The first-order chi connectivity index (χ1) is 9.40. The van der Waals surface area contributed by atoms with Gasteiger partial charge in [0.25, 0.3) is 5.69 Å². The number of aromatic amines is 1. The number of aromatic nitrogens is 3. The number of nitrogens with zero attached hydrogens (tertiary/aromatic N) is 3. The van der Waals surface area contributed by atoms with Crippen LogP contribution in [-0.4, -0.2) is 19.7 Å². The molecule has 1 N–H and O–H groups in total. The van der Waals surface area contributed by atoms with Crippen molar-refractivity contribution in [1.82, 2.24) is 14.8 Å². The lowest BCUT2D eigenvalue weighted by atomic mass is 10.1. The molecule has 1 aromatic carbocycles. The van der Waals surface area contributed by atoms with E-state index in [1.165, 1.54) is 0 Å². The second-order valence-electron chi connectivity index (χ2n) is 4.78. The predicted molar refractivity (Wildman–Crippen MR) is 74.3 cm³/mol. The highest BCUT2D eigenvalue weighted by Gasteiger charge is 2.21. The standard InChI is InChI=1S/C12H13FN4O2S/c1-7(2)6-16-11(14-15-12(16)20)9-5-8(13)3-4-10(9)17(18)19/h3-5,7H,6H2,1-2H3,(H,15,20). The highest BCUT2D eigenvalue weighted by atomic mass is 32.1. The molecule has 8 heteroatoms. The molecule has 0 bridgehead atoms. The number of nitro groups is 1. The van der Waals surface area contributed by atoms with Crippen LogP contribution in [0.1, 0.15) is 13.8 Å². The van der Waals surface area contributed by atoms with E-state index >= 15 is 0 Å². The number of hydrogen-bond donors (Lipinski definition) is 1. The van der Waals surface area contributed by atoms with E-state index < -0.39 is 10.7 Å². The molecule has 0 saturated carbocycles. The maximum absolute atomic E-state index is 13.4. The van der Waals surface area contributed by atoms with Gasteiger partial charge in [-0.15, -0.1) is 0 Å². The smallest absolute Gasteiger partial charge is 0.280 e. The van der Waals surface area contributed by atoms with Gasteiger partial charge in [0, 0.05) is 12.6 Å². The summed E-state index contributed by atoms with van der Waals surface area (Å²) in [6.45, 7) is 4.51. The molecule has 1 aromatic heterocycles. The number of hydrogen-bond acceptors (Lipinski definition) is 4. The average molecular weight is 296 g/mol. The fraction of sp³-hybridized carbons (Fsp3) is 0.333. The SMILES string of the molecule is CC(C)Cn1c(-c2cc(F)ccc2[N+](=O)[O-])n[nH]c1=S. The lowest BCUT2D eigenvalue weighted by Gasteiger charge is -2.09. The number of halogens is 1. The van der Waals surface area contributed by atoms with Crippen LogP contribution in [0, 0.1) is 26.6 Å². The highest BCUT2D eigenvalue weighted by molar-refractivity contribution is 7.71. The Kier molecular flexibility index (Phi) is 3.93. The minimum absolute atomic E-state index is 0.114. The Hall–Kier alpha value is -2.09. The molecule has 0 radical (unpaired) electrons. The summed E-state index contributed by atoms with van der Waals surface area (Å²) in [5.74, 6) is -0.0174. The summed E-state index contributed by atoms with van der Waals surface area (Å²) in [5, 5.41) is 17.7. The van der Waals surface area contributed by atoms with Crippen LogP contribution in [0.4, 0.5) is 10.1 Å². The Bertz CT molecular complexity index is 708. The molecule has 0 aliphatic heterocycles. The molecule has 0 saturated heterocycles. The van der Waals surface area contributed by atoms with E-state index in [2.05, 4.69) is 10.2 Å². The fourth-order valence-corrected chi connectivity index (χ4v) is 2.11. The van der Waals surface area contributed by atoms with Gasteiger partial charge in [-0.2, -0.15) is 5.10 Å². The summed E-state index contributed by atoms with van der Waals surface area (Å²) in [5.41, 5.74) is -0.0894. The van der Waals surface area contributed by atoms with Gasteiger partial charge in [0.1, 0.15) is 5.82 Å². The number of benzene rings is 1. The molecular weight excluding hydrogens is 283 g/mol. The number of H-pyrrole nitrogens is 1. The van der Waals surface area contributed by atoms with E-state index in [-0.39, 0.29) is 23.0 Å². The van der Waals surface area contributed by atoms with Crippen LogP contribution in [0.2, 0.25) is 0 Å². The molecule has 20 heavy (non-hydrogen) atoms. The molecule has 0 aliphatic rings. The lowest BCUT2D eigenvalue weighted by molar-refractivity contribution is -0.384. The van der Waals surface area contributed by atoms with E-state index in [1.54, 1.807) is 4.57 Å². The molecule has 106 valence electrons. The monoisotopic (exact) mass is 296 g/mol. The van der Waals surface area contributed by atoms with Crippen molar-refractivity contribution in [3.63, 3.8) is 0 Å². The average Bonchev–Trinajstić information content (AvgIpc) is 2.70. The Morgan fingerprint density at radius 3 is 2.85 bits per heavy atom. The van der Waals surface area contributed by atoms with Crippen molar-refractivity contribution >= 4 is 17.9 Å². The van der Waals surface area contributed by atoms with Crippen molar-refractivity contribution in [1.29, 1.82) is 0 Å². The van der Waals surface area contributed by atoms with Crippen LogP contribution in [0.3, 0.4) is 0 Å². The van der Waals surface area contributed by atoms with Crippen molar-refractivity contribution in [2.75, 3.05) is 0 Å². The third-order valence-electron chi connectivity index (χ3n) is 2.70. The number of nitrogens with one attached hydrogen (secondary N) is 1. The minimum atomic E-state index is -0.563. The van der Waals surface area contributed by atoms with Crippen LogP contribution >= 0.6 is 12.2 Å². The highest BCUT2D eigenvalue weighted by Crippen LogP contribution is 2.29. The van der Waals surface area contributed by atoms with Gasteiger partial charge >= 0.3 is 0 Å². The normalized spacial score (nSPS) is 11.0. The number of nitro benzene ring substituents is 1. The molecule has 6 nitrogen and oxygen atoms in total. The molecule has 0 spiro atoms. The maximum atomic E-state index is 13.4. The largest absolute Gasteiger partial charge is 0.300 e. The third kappa shape index (κ3) is 2.74. The second kappa shape index (κ2) is 5.49. The Labute approximate surface area is 119 Å².